The van der Waals surface area contributed by atoms with E-state index in [1.807, 2.05) is 19.1 Å². The van der Waals surface area contributed by atoms with Gasteiger partial charge in [0.2, 0.25) is 0 Å². The quantitative estimate of drug-likeness (QED) is 0.363. The van der Waals surface area contributed by atoms with Crippen LogP contribution in [0, 0.1) is 5.92 Å². The third-order valence-electron chi connectivity index (χ3n) is 4.76. The molecular weight excluding hydrogens is 334 g/mol. The van der Waals surface area contributed by atoms with Gasteiger partial charge >= 0.3 is 5.97 Å². The molecule has 2 rings (SSSR count). The van der Waals surface area contributed by atoms with Crippen molar-refractivity contribution in [1.82, 2.24) is 9.99 Å². The van der Waals surface area contributed by atoms with E-state index < -0.39 is 0 Å². The molecule has 1 aliphatic heterocycles. The van der Waals surface area contributed by atoms with Gasteiger partial charge in [-0.2, -0.15) is 0 Å². The molecule has 8 heteroatoms. The molecule has 2 heterocycles. The topological polar surface area (TPSA) is 118 Å². The van der Waals surface area contributed by atoms with Crippen LogP contribution in [0.15, 0.2) is 17.8 Å². The molecule has 8 nitrogen and oxygen atoms in total. The minimum Gasteiger partial charge on any atom is -0.469 e. The van der Waals surface area contributed by atoms with Crippen molar-refractivity contribution in [3.63, 3.8) is 0 Å². The van der Waals surface area contributed by atoms with Crippen LogP contribution in [0.2, 0.25) is 0 Å². The number of esters is 1. The van der Waals surface area contributed by atoms with Gasteiger partial charge in [0, 0.05) is 20.1 Å². The van der Waals surface area contributed by atoms with Crippen LogP contribution in [0.25, 0.3) is 5.70 Å². The van der Waals surface area contributed by atoms with E-state index in [1.54, 1.807) is 7.05 Å². The summed E-state index contributed by atoms with van der Waals surface area (Å²) in [5.41, 5.74) is 9.51. The maximum Gasteiger partial charge on any atom is 0.305 e. The van der Waals surface area contributed by atoms with E-state index in [2.05, 4.69) is 9.88 Å². The van der Waals surface area contributed by atoms with E-state index in [4.69, 9.17) is 16.3 Å². The minimum absolute atomic E-state index is 0.165. The molecule has 0 aliphatic carbocycles. The van der Waals surface area contributed by atoms with Crippen molar-refractivity contribution in [3.8, 4) is 0 Å². The second-order valence-electron chi connectivity index (χ2n) is 6.53. The standard InChI is InChI=1S/C18H29N5O3/c1-4-13-15(23-8-7-12(10-23)9-17(25)26-3)6-5-14(21-13)18(19)16(11-24)22(2)20/h5-6,12,24H,4,7-11,19-20H2,1-3H3/b18-16-. The van der Waals surface area contributed by atoms with E-state index in [-0.39, 0.29) is 12.6 Å². The van der Waals surface area contributed by atoms with Gasteiger partial charge in [0.25, 0.3) is 0 Å². The van der Waals surface area contributed by atoms with Gasteiger partial charge in [-0.25, -0.2) is 10.8 Å². The first-order chi connectivity index (χ1) is 12.4. The Morgan fingerprint density at radius 3 is 2.81 bits per heavy atom. The van der Waals surface area contributed by atoms with Crippen molar-refractivity contribution >= 4 is 17.4 Å². The molecule has 0 amide bonds. The number of aliphatic hydroxyl groups excluding tert-OH is 1. The first kappa shape index (κ1) is 20.0. The Hall–Kier alpha value is -2.32. The molecule has 1 saturated heterocycles. The number of aliphatic hydroxyl groups is 1. The van der Waals surface area contributed by atoms with E-state index in [9.17, 15) is 9.90 Å². The molecule has 1 atom stereocenters. The first-order valence-electron chi connectivity index (χ1n) is 8.81. The van der Waals surface area contributed by atoms with Gasteiger partial charge in [-0.05, 0) is 30.9 Å². The Kier molecular flexibility index (Phi) is 6.82. The SMILES string of the molecule is CCc1nc(/C(N)=C(\CO)N(C)N)ccc1N1CCC(CC(=O)OC)C1. The van der Waals surface area contributed by atoms with E-state index in [1.165, 1.54) is 12.1 Å². The lowest BCUT2D eigenvalue weighted by Gasteiger charge is -2.23. The van der Waals surface area contributed by atoms with Crippen molar-refractivity contribution in [1.29, 1.82) is 0 Å². The van der Waals surface area contributed by atoms with E-state index in [0.29, 0.717) is 29.4 Å². The van der Waals surface area contributed by atoms with E-state index in [0.717, 1.165) is 37.3 Å². The predicted octanol–water partition coefficient (Wildman–Crippen LogP) is 0.459. The molecular formula is C18H29N5O3. The smallest absolute Gasteiger partial charge is 0.305 e. The Labute approximate surface area is 154 Å². The van der Waals surface area contributed by atoms with Crippen LogP contribution in [0.1, 0.15) is 31.2 Å². The zero-order chi connectivity index (χ0) is 19.3. The lowest BCUT2D eigenvalue weighted by Crippen LogP contribution is -2.30. The van der Waals surface area contributed by atoms with Gasteiger partial charge in [-0.15, -0.1) is 0 Å². The highest BCUT2D eigenvalue weighted by Gasteiger charge is 2.26. The Morgan fingerprint density at radius 2 is 2.23 bits per heavy atom. The van der Waals surface area contributed by atoms with Crippen molar-refractivity contribution in [2.24, 2.45) is 17.5 Å². The maximum absolute atomic E-state index is 11.5. The first-order valence-corrected chi connectivity index (χ1v) is 8.81. The molecule has 1 aromatic rings. The molecule has 1 aliphatic rings. The number of hydrogen-bond acceptors (Lipinski definition) is 8. The summed E-state index contributed by atoms with van der Waals surface area (Å²) < 4.78 is 4.77. The van der Waals surface area contributed by atoms with Crippen LogP contribution in [-0.2, 0) is 16.0 Å². The number of carbonyl (C=O) groups is 1. The molecule has 1 fully saturated rings. The fourth-order valence-electron chi connectivity index (χ4n) is 3.26. The number of hydrazine groups is 1. The highest BCUT2D eigenvalue weighted by Crippen LogP contribution is 2.29. The van der Waals surface area contributed by atoms with Crippen LogP contribution in [-0.4, -0.2) is 54.9 Å². The van der Waals surface area contributed by atoms with Crippen molar-refractivity contribution in [3.05, 3.63) is 29.2 Å². The molecule has 0 bridgehead atoms. The average molecular weight is 363 g/mol. The number of carbonyl (C=O) groups excluding carboxylic acids is 1. The Bertz CT molecular complexity index is 675. The number of pyridine rings is 1. The van der Waals surface area contributed by atoms with Crippen LogP contribution in [0.4, 0.5) is 5.69 Å². The summed E-state index contributed by atoms with van der Waals surface area (Å²) in [6.07, 6.45) is 2.15. The number of rotatable bonds is 7. The van der Waals surface area contributed by atoms with Crippen LogP contribution >= 0.6 is 0 Å². The van der Waals surface area contributed by atoms with Crippen LogP contribution < -0.4 is 16.5 Å². The molecule has 26 heavy (non-hydrogen) atoms. The lowest BCUT2D eigenvalue weighted by atomic mass is 10.1. The van der Waals surface area contributed by atoms with Crippen LogP contribution in [0.3, 0.4) is 0 Å². The summed E-state index contributed by atoms with van der Waals surface area (Å²) in [4.78, 5) is 18.4. The van der Waals surface area contributed by atoms with Crippen molar-refractivity contribution in [2.45, 2.75) is 26.2 Å². The number of methoxy groups -OCH3 is 1. The fourth-order valence-corrected chi connectivity index (χ4v) is 3.26. The summed E-state index contributed by atoms with van der Waals surface area (Å²) in [6, 6.07) is 3.84. The minimum atomic E-state index is -0.259. The van der Waals surface area contributed by atoms with Crippen molar-refractivity contribution in [2.75, 3.05) is 38.8 Å². The van der Waals surface area contributed by atoms with Gasteiger partial charge in [0.15, 0.2) is 0 Å². The second kappa shape index (κ2) is 8.86. The zero-order valence-electron chi connectivity index (χ0n) is 15.7. The molecule has 5 N–H and O–H groups in total. The number of nitrogens with two attached hydrogens (primary N) is 2. The predicted molar refractivity (Wildman–Crippen MR) is 101 cm³/mol. The van der Waals surface area contributed by atoms with Crippen molar-refractivity contribution < 1.29 is 14.6 Å². The monoisotopic (exact) mass is 363 g/mol. The molecule has 144 valence electrons. The zero-order valence-corrected chi connectivity index (χ0v) is 15.7. The van der Waals surface area contributed by atoms with E-state index >= 15 is 0 Å². The Balaban J connectivity index is 2.23. The molecule has 0 radical (unpaired) electrons. The second-order valence-corrected chi connectivity index (χ2v) is 6.53. The third-order valence-corrected chi connectivity index (χ3v) is 4.76. The molecule has 1 aromatic heterocycles. The van der Waals surface area contributed by atoms with Gasteiger partial charge in [0.05, 0.1) is 48.6 Å². The number of aromatic nitrogens is 1. The van der Waals surface area contributed by atoms with Gasteiger partial charge in [-0.1, -0.05) is 6.92 Å². The van der Waals surface area contributed by atoms with Gasteiger partial charge in [-0.3, -0.25) is 4.79 Å². The Morgan fingerprint density at radius 1 is 1.50 bits per heavy atom. The number of ether oxygens (including phenoxy) is 1. The number of aryl methyl sites for hydroxylation is 1. The van der Waals surface area contributed by atoms with Crippen LogP contribution in [0.5, 0.6) is 0 Å². The summed E-state index contributed by atoms with van der Waals surface area (Å²) in [7, 11) is 3.05. The van der Waals surface area contributed by atoms with Gasteiger partial charge < -0.3 is 25.5 Å². The number of anilines is 1. The highest BCUT2D eigenvalue weighted by molar-refractivity contribution is 5.70. The summed E-state index contributed by atoms with van der Waals surface area (Å²) >= 11 is 0. The average Bonchev–Trinajstić information content (AvgIpc) is 3.09. The molecule has 1 unspecified atom stereocenters. The highest BCUT2D eigenvalue weighted by atomic mass is 16.5. The summed E-state index contributed by atoms with van der Waals surface area (Å²) in [6.45, 7) is 3.47. The summed E-state index contributed by atoms with van der Waals surface area (Å²) in [5, 5.41) is 10.8. The largest absolute Gasteiger partial charge is 0.469 e. The van der Waals surface area contributed by atoms with Gasteiger partial charge in [0.1, 0.15) is 0 Å². The maximum atomic E-state index is 11.5. The molecule has 0 aromatic carbocycles. The number of nitrogens with zero attached hydrogens (tertiary/aromatic N) is 3. The third kappa shape index (κ3) is 4.44. The number of hydrogen-bond donors (Lipinski definition) is 3. The number of likely N-dealkylation sites (N-methyl/N-ethyl adjacent to an activating group) is 1. The molecule has 0 spiro atoms. The summed E-state index contributed by atoms with van der Waals surface area (Å²) in [5.74, 6) is 5.84. The normalized spacial score (nSPS) is 17.9. The lowest BCUT2D eigenvalue weighted by molar-refractivity contribution is -0.141. The molecule has 0 saturated carbocycles. The fraction of sp³-hybridized carbons (Fsp3) is 0.556.